The Balaban J connectivity index is 2.93. The Morgan fingerprint density at radius 1 is 1.57 bits per heavy atom. The Hall–Kier alpha value is -1.55. The molecule has 1 unspecified atom stereocenters. The minimum absolute atomic E-state index is 0.0791. The number of hydrogen-bond acceptors (Lipinski definition) is 3. The summed E-state index contributed by atoms with van der Waals surface area (Å²) in [5.74, 6) is -0.903. The predicted octanol–water partition coefficient (Wildman–Crippen LogP) is 1.05. The standard InChI is InChI=1S/C10H14N2O2/c1-6-2-3-7(11)4-8(6)9(12)5-10(13)14/h2-4,9H,5,11-12H2,1H3,(H,13,14). The quantitative estimate of drug-likeness (QED) is 0.627. The summed E-state index contributed by atoms with van der Waals surface area (Å²) in [6.07, 6.45) is -0.0791. The number of carboxylic acids is 1. The number of aryl methyl sites for hydroxylation is 1. The van der Waals surface area contributed by atoms with Gasteiger partial charge in [0.2, 0.25) is 0 Å². The van der Waals surface area contributed by atoms with Crippen molar-refractivity contribution in [3.63, 3.8) is 0 Å². The van der Waals surface area contributed by atoms with E-state index in [-0.39, 0.29) is 6.42 Å². The molecule has 0 aliphatic carbocycles. The van der Waals surface area contributed by atoms with Crippen LogP contribution in [0.25, 0.3) is 0 Å². The number of aliphatic carboxylic acids is 1. The van der Waals surface area contributed by atoms with Crippen LogP contribution in [0.1, 0.15) is 23.6 Å². The van der Waals surface area contributed by atoms with Gasteiger partial charge in [-0.05, 0) is 30.2 Å². The van der Waals surface area contributed by atoms with E-state index in [1.165, 1.54) is 0 Å². The molecule has 0 saturated carbocycles. The molecular weight excluding hydrogens is 180 g/mol. The average Bonchev–Trinajstić information content (AvgIpc) is 2.08. The minimum atomic E-state index is -0.903. The third-order valence-electron chi connectivity index (χ3n) is 2.10. The molecule has 5 N–H and O–H groups in total. The van der Waals surface area contributed by atoms with Crippen LogP contribution in [0, 0.1) is 6.92 Å². The summed E-state index contributed by atoms with van der Waals surface area (Å²) in [6, 6.07) is 4.85. The predicted molar refractivity (Wildman–Crippen MR) is 54.8 cm³/mol. The lowest BCUT2D eigenvalue weighted by Gasteiger charge is -2.13. The molecule has 0 radical (unpaired) electrons. The smallest absolute Gasteiger partial charge is 0.305 e. The van der Waals surface area contributed by atoms with E-state index in [1.54, 1.807) is 12.1 Å². The Bertz CT molecular complexity index is 350. The van der Waals surface area contributed by atoms with Gasteiger partial charge >= 0.3 is 5.97 Å². The molecule has 4 heteroatoms. The zero-order valence-electron chi connectivity index (χ0n) is 8.03. The maximum atomic E-state index is 10.5. The topological polar surface area (TPSA) is 89.3 Å². The minimum Gasteiger partial charge on any atom is -0.481 e. The number of nitrogen functional groups attached to an aromatic ring is 1. The number of nitrogens with two attached hydrogens (primary N) is 2. The first-order chi connectivity index (χ1) is 6.50. The molecule has 4 nitrogen and oxygen atoms in total. The van der Waals surface area contributed by atoms with Gasteiger partial charge in [0.15, 0.2) is 0 Å². The second-order valence-corrected chi connectivity index (χ2v) is 3.32. The molecule has 14 heavy (non-hydrogen) atoms. The van der Waals surface area contributed by atoms with Crippen LogP contribution < -0.4 is 11.5 Å². The Morgan fingerprint density at radius 2 is 2.21 bits per heavy atom. The first-order valence-electron chi connectivity index (χ1n) is 4.34. The molecule has 1 atom stereocenters. The third kappa shape index (κ3) is 2.47. The van der Waals surface area contributed by atoms with Gasteiger partial charge in [-0.1, -0.05) is 6.07 Å². The highest BCUT2D eigenvalue weighted by atomic mass is 16.4. The van der Waals surface area contributed by atoms with Crippen LogP contribution in [0.3, 0.4) is 0 Å². The highest BCUT2D eigenvalue weighted by Crippen LogP contribution is 2.20. The van der Waals surface area contributed by atoms with Gasteiger partial charge in [-0.25, -0.2) is 0 Å². The maximum Gasteiger partial charge on any atom is 0.305 e. The molecule has 0 heterocycles. The second-order valence-electron chi connectivity index (χ2n) is 3.32. The maximum absolute atomic E-state index is 10.5. The summed E-state index contributed by atoms with van der Waals surface area (Å²) >= 11 is 0. The largest absolute Gasteiger partial charge is 0.481 e. The number of benzene rings is 1. The van der Waals surface area contributed by atoms with Gasteiger partial charge < -0.3 is 16.6 Å². The Morgan fingerprint density at radius 3 is 2.79 bits per heavy atom. The Kier molecular flexibility index (Phi) is 3.09. The number of carbonyl (C=O) groups is 1. The average molecular weight is 194 g/mol. The van der Waals surface area contributed by atoms with Crippen LogP contribution in [0.4, 0.5) is 5.69 Å². The second kappa shape index (κ2) is 4.11. The summed E-state index contributed by atoms with van der Waals surface area (Å²) in [5, 5.41) is 8.59. The zero-order valence-corrected chi connectivity index (χ0v) is 8.03. The van der Waals surface area contributed by atoms with Gasteiger partial charge in [-0.2, -0.15) is 0 Å². The molecule has 0 spiro atoms. The number of carboxylic acid groups (broad SMARTS) is 1. The molecule has 0 aliphatic rings. The first-order valence-corrected chi connectivity index (χ1v) is 4.34. The van der Waals surface area contributed by atoms with E-state index in [0.717, 1.165) is 11.1 Å². The van der Waals surface area contributed by atoms with Crippen molar-refractivity contribution in [3.8, 4) is 0 Å². The van der Waals surface area contributed by atoms with Crippen LogP contribution >= 0.6 is 0 Å². The monoisotopic (exact) mass is 194 g/mol. The zero-order chi connectivity index (χ0) is 10.7. The first kappa shape index (κ1) is 10.5. The lowest BCUT2D eigenvalue weighted by atomic mass is 9.99. The lowest BCUT2D eigenvalue weighted by molar-refractivity contribution is -0.137. The van der Waals surface area contributed by atoms with Crippen molar-refractivity contribution in [3.05, 3.63) is 29.3 Å². The fourth-order valence-electron chi connectivity index (χ4n) is 1.36. The van der Waals surface area contributed by atoms with Crippen LogP contribution in [0.5, 0.6) is 0 Å². The molecule has 0 amide bonds. The number of rotatable bonds is 3. The van der Waals surface area contributed by atoms with Crippen LogP contribution in [-0.2, 0) is 4.79 Å². The molecule has 76 valence electrons. The van der Waals surface area contributed by atoms with Crippen LogP contribution in [0.15, 0.2) is 18.2 Å². The van der Waals surface area contributed by atoms with Crippen molar-refractivity contribution in [2.24, 2.45) is 5.73 Å². The summed E-state index contributed by atoms with van der Waals surface area (Å²) in [4.78, 5) is 10.5. The van der Waals surface area contributed by atoms with E-state index in [1.807, 2.05) is 13.0 Å². The van der Waals surface area contributed by atoms with Crippen molar-refractivity contribution >= 4 is 11.7 Å². The molecular formula is C10H14N2O2. The van der Waals surface area contributed by atoms with Crippen molar-refractivity contribution in [1.29, 1.82) is 0 Å². The highest BCUT2D eigenvalue weighted by molar-refractivity contribution is 5.68. The molecule has 0 saturated heterocycles. The molecule has 1 aromatic rings. The van der Waals surface area contributed by atoms with Gasteiger partial charge in [0, 0.05) is 11.7 Å². The van der Waals surface area contributed by atoms with E-state index in [9.17, 15) is 4.79 Å². The summed E-state index contributed by atoms with van der Waals surface area (Å²) < 4.78 is 0. The normalized spacial score (nSPS) is 12.4. The van der Waals surface area contributed by atoms with Crippen molar-refractivity contribution < 1.29 is 9.90 Å². The van der Waals surface area contributed by atoms with Crippen LogP contribution in [0.2, 0.25) is 0 Å². The van der Waals surface area contributed by atoms with Gasteiger partial charge in [0.1, 0.15) is 0 Å². The van der Waals surface area contributed by atoms with Crippen molar-refractivity contribution in [2.45, 2.75) is 19.4 Å². The van der Waals surface area contributed by atoms with Crippen LogP contribution in [-0.4, -0.2) is 11.1 Å². The van der Waals surface area contributed by atoms with E-state index in [0.29, 0.717) is 5.69 Å². The molecule has 0 bridgehead atoms. The fraction of sp³-hybridized carbons (Fsp3) is 0.300. The molecule has 1 aromatic carbocycles. The van der Waals surface area contributed by atoms with Gasteiger partial charge in [-0.3, -0.25) is 4.79 Å². The highest BCUT2D eigenvalue weighted by Gasteiger charge is 2.12. The van der Waals surface area contributed by atoms with Gasteiger partial charge in [0.05, 0.1) is 6.42 Å². The molecule has 0 fully saturated rings. The van der Waals surface area contributed by atoms with Crippen molar-refractivity contribution in [2.75, 3.05) is 5.73 Å². The number of hydrogen-bond donors (Lipinski definition) is 3. The summed E-state index contributed by atoms with van der Waals surface area (Å²) in [5.41, 5.74) is 13.7. The van der Waals surface area contributed by atoms with E-state index >= 15 is 0 Å². The van der Waals surface area contributed by atoms with E-state index < -0.39 is 12.0 Å². The Labute approximate surface area is 82.5 Å². The van der Waals surface area contributed by atoms with Gasteiger partial charge in [-0.15, -0.1) is 0 Å². The molecule has 0 aromatic heterocycles. The fourth-order valence-corrected chi connectivity index (χ4v) is 1.36. The lowest BCUT2D eigenvalue weighted by Crippen LogP contribution is -2.16. The molecule has 0 aliphatic heterocycles. The number of anilines is 1. The summed E-state index contributed by atoms with van der Waals surface area (Å²) in [7, 11) is 0. The van der Waals surface area contributed by atoms with Crippen molar-refractivity contribution in [1.82, 2.24) is 0 Å². The third-order valence-corrected chi connectivity index (χ3v) is 2.10. The molecule has 1 rings (SSSR count). The van der Waals surface area contributed by atoms with E-state index in [4.69, 9.17) is 16.6 Å². The SMILES string of the molecule is Cc1ccc(N)cc1C(N)CC(=O)O. The van der Waals surface area contributed by atoms with Gasteiger partial charge in [0.25, 0.3) is 0 Å². The van der Waals surface area contributed by atoms with E-state index in [2.05, 4.69) is 0 Å². The summed E-state index contributed by atoms with van der Waals surface area (Å²) in [6.45, 7) is 1.89.